The minimum atomic E-state index is -3.42. The maximum Gasteiger partial charge on any atom is 0.260 e. The number of aromatic nitrogens is 1. The largest absolute Gasteiger partial charge is 0.496 e. The lowest BCUT2D eigenvalue weighted by atomic mass is 10.2. The number of benzene rings is 1. The van der Waals surface area contributed by atoms with E-state index in [9.17, 15) is 13.2 Å². The van der Waals surface area contributed by atoms with Crippen LogP contribution in [0.15, 0.2) is 35.2 Å². The van der Waals surface area contributed by atoms with Crippen molar-refractivity contribution in [2.45, 2.75) is 25.7 Å². The zero-order chi connectivity index (χ0) is 17.9. The first kappa shape index (κ1) is 17.9. The SMILES string of the molecule is CCS(=O)(=O)c1ccc(OC)c(C(=O)Nc2cc(C)cc(C)n2)c1. The van der Waals surface area contributed by atoms with Gasteiger partial charge in [-0.2, -0.15) is 0 Å². The Morgan fingerprint density at radius 2 is 1.92 bits per heavy atom. The summed E-state index contributed by atoms with van der Waals surface area (Å²) < 4.78 is 29.3. The number of hydrogen-bond acceptors (Lipinski definition) is 5. The molecule has 0 fully saturated rings. The zero-order valence-corrected chi connectivity index (χ0v) is 14.9. The number of carbonyl (C=O) groups is 1. The Hall–Kier alpha value is -2.41. The van der Waals surface area contributed by atoms with Crippen LogP contribution in [0.1, 0.15) is 28.5 Å². The maximum absolute atomic E-state index is 12.6. The minimum absolute atomic E-state index is 0.0426. The fourth-order valence-corrected chi connectivity index (χ4v) is 3.22. The van der Waals surface area contributed by atoms with Gasteiger partial charge in [-0.05, 0) is 49.7 Å². The summed E-state index contributed by atoms with van der Waals surface area (Å²) >= 11 is 0. The van der Waals surface area contributed by atoms with Crippen LogP contribution in [0.25, 0.3) is 0 Å². The summed E-state index contributed by atoms with van der Waals surface area (Å²) in [6.45, 7) is 5.29. The highest BCUT2D eigenvalue weighted by Crippen LogP contribution is 2.24. The van der Waals surface area contributed by atoms with Crippen molar-refractivity contribution in [1.29, 1.82) is 0 Å². The van der Waals surface area contributed by atoms with E-state index >= 15 is 0 Å². The fraction of sp³-hybridized carbons (Fsp3) is 0.294. The molecule has 0 saturated heterocycles. The third kappa shape index (κ3) is 3.91. The summed E-state index contributed by atoms with van der Waals surface area (Å²) in [7, 11) is -1.99. The van der Waals surface area contributed by atoms with Gasteiger partial charge in [0.15, 0.2) is 9.84 Å². The summed E-state index contributed by atoms with van der Waals surface area (Å²) in [5.74, 6) is 0.187. The lowest BCUT2D eigenvalue weighted by molar-refractivity contribution is 0.102. The first-order valence-electron chi connectivity index (χ1n) is 7.44. The molecule has 0 atom stereocenters. The molecule has 0 bridgehead atoms. The Kier molecular flexibility index (Phi) is 5.23. The molecule has 0 radical (unpaired) electrons. The molecular weight excluding hydrogens is 328 g/mol. The van der Waals surface area contributed by atoms with Gasteiger partial charge in [0, 0.05) is 5.69 Å². The van der Waals surface area contributed by atoms with E-state index in [1.54, 1.807) is 13.0 Å². The predicted octanol–water partition coefficient (Wildman–Crippen LogP) is 2.75. The molecule has 2 aromatic rings. The van der Waals surface area contributed by atoms with Crippen molar-refractivity contribution in [3.63, 3.8) is 0 Å². The van der Waals surface area contributed by atoms with Crippen molar-refractivity contribution < 1.29 is 17.9 Å². The van der Waals surface area contributed by atoms with Crippen molar-refractivity contribution in [3.8, 4) is 5.75 Å². The molecular formula is C17H20N2O4S. The lowest BCUT2D eigenvalue weighted by Gasteiger charge is -2.11. The minimum Gasteiger partial charge on any atom is -0.496 e. The standard InChI is InChI=1S/C17H20N2O4S/c1-5-24(21,22)13-6-7-15(23-4)14(10-13)17(20)19-16-9-11(2)8-12(3)18-16/h6-10H,5H2,1-4H3,(H,18,19,20). The van der Waals surface area contributed by atoms with Crippen LogP contribution in [0.4, 0.5) is 5.82 Å². The first-order valence-corrected chi connectivity index (χ1v) is 9.09. The Bertz CT molecular complexity index is 856. The van der Waals surface area contributed by atoms with E-state index in [-0.39, 0.29) is 16.2 Å². The number of aryl methyl sites for hydroxylation is 2. The molecule has 2 rings (SSSR count). The molecule has 0 spiro atoms. The fourth-order valence-electron chi connectivity index (χ4n) is 2.31. The van der Waals surface area contributed by atoms with Crippen molar-refractivity contribution in [2.24, 2.45) is 0 Å². The van der Waals surface area contributed by atoms with Crippen LogP contribution < -0.4 is 10.1 Å². The van der Waals surface area contributed by atoms with E-state index in [4.69, 9.17) is 4.74 Å². The van der Waals surface area contributed by atoms with Crippen molar-refractivity contribution in [1.82, 2.24) is 4.98 Å². The second-order valence-electron chi connectivity index (χ2n) is 5.39. The molecule has 6 nitrogen and oxygen atoms in total. The number of ether oxygens (including phenoxy) is 1. The molecule has 1 heterocycles. The van der Waals surface area contributed by atoms with Crippen LogP contribution in [0.2, 0.25) is 0 Å². The number of hydrogen-bond donors (Lipinski definition) is 1. The van der Waals surface area contributed by atoms with Gasteiger partial charge in [0.1, 0.15) is 11.6 Å². The third-order valence-corrected chi connectivity index (χ3v) is 5.23. The molecule has 0 aliphatic carbocycles. The number of carbonyl (C=O) groups excluding carboxylic acids is 1. The van der Waals surface area contributed by atoms with Crippen LogP contribution >= 0.6 is 0 Å². The molecule has 1 aromatic carbocycles. The molecule has 24 heavy (non-hydrogen) atoms. The van der Waals surface area contributed by atoms with Crippen LogP contribution in [-0.4, -0.2) is 32.2 Å². The second kappa shape index (κ2) is 7.00. The predicted molar refractivity (Wildman–Crippen MR) is 92.4 cm³/mol. The molecule has 1 amide bonds. The van der Waals surface area contributed by atoms with Gasteiger partial charge >= 0.3 is 0 Å². The molecule has 128 valence electrons. The van der Waals surface area contributed by atoms with Gasteiger partial charge < -0.3 is 10.1 Å². The van der Waals surface area contributed by atoms with Gasteiger partial charge in [-0.25, -0.2) is 13.4 Å². The summed E-state index contributed by atoms with van der Waals surface area (Å²) in [5, 5.41) is 2.69. The van der Waals surface area contributed by atoms with Crippen LogP contribution in [0, 0.1) is 13.8 Å². The number of pyridine rings is 1. The molecule has 0 unspecified atom stereocenters. The highest BCUT2D eigenvalue weighted by Gasteiger charge is 2.19. The summed E-state index contributed by atoms with van der Waals surface area (Å²) in [4.78, 5) is 16.9. The van der Waals surface area contributed by atoms with Crippen LogP contribution in [0.5, 0.6) is 5.75 Å². The van der Waals surface area contributed by atoms with E-state index in [2.05, 4.69) is 10.3 Å². The number of amides is 1. The number of anilines is 1. The quantitative estimate of drug-likeness (QED) is 0.898. The highest BCUT2D eigenvalue weighted by molar-refractivity contribution is 7.91. The van der Waals surface area contributed by atoms with Crippen molar-refractivity contribution in [2.75, 3.05) is 18.2 Å². The summed E-state index contributed by atoms with van der Waals surface area (Å²) in [6, 6.07) is 7.88. The number of nitrogens with one attached hydrogen (secondary N) is 1. The molecule has 0 saturated carbocycles. The number of nitrogens with zero attached hydrogens (tertiary/aromatic N) is 1. The number of sulfone groups is 1. The maximum atomic E-state index is 12.6. The zero-order valence-electron chi connectivity index (χ0n) is 14.1. The lowest BCUT2D eigenvalue weighted by Crippen LogP contribution is -2.16. The molecule has 0 aliphatic rings. The topological polar surface area (TPSA) is 85.4 Å². The van der Waals surface area contributed by atoms with Crippen molar-refractivity contribution in [3.05, 3.63) is 47.2 Å². The second-order valence-corrected chi connectivity index (χ2v) is 7.67. The summed E-state index contributed by atoms with van der Waals surface area (Å²) in [6.07, 6.45) is 0. The van der Waals surface area contributed by atoms with Gasteiger partial charge in [-0.15, -0.1) is 0 Å². The van der Waals surface area contributed by atoms with E-state index in [1.807, 2.05) is 19.9 Å². The van der Waals surface area contributed by atoms with Crippen LogP contribution in [-0.2, 0) is 9.84 Å². The highest BCUT2D eigenvalue weighted by atomic mass is 32.2. The Morgan fingerprint density at radius 3 is 2.50 bits per heavy atom. The van der Waals surface area contributed by atoms with Gasteiger partial charge in [0.05, 0.1) is 23.3 Å². The van der Waals surface area contributed by atoms with E-state index in [1.165, 1.54) is 25.3 Å². The van der Waals surface area contributed by atoms with E-state index in [0.717, 1.165) is 11.3 Å². The molecule has 7 heteroatoms. The van der Waals surface area contributed by atoms with Gasteiger partial charge in [-0.1, -0.05) is 6.92 Å². The smallest absolute Gasteiger partial charge is 0.260 e. The van der Waals surface area contributed by atoms with Gasteiger partial charge in [0.2, 0.25) is 0 Å². The summed E-state index contributed by atoms with van der Waals surface area (Å²) in [5.41, 5.74) is 1.89. The first-order chi connectivity index (χ1) is 11.3. The monoisotopic (exact) mass is 348 g/mol. The molecule has 1 aromatic heterocycles. The molecule has 1 N–H and O–H groups in total. The Morgan fingerprint density at radius 1 is 1.21 bits per heavy atom. The van der Waals surface area contributed by atoms with Gasteiger partial charge in [-0.3, -0.25) is 4.79 Å². The Balaban J connectivity index is 2.42. The third-order valence-electron chi connectivity index (χ3n) is 3.49. The van der Waals surface area contributed by atoms with Crippen LogP contribution in [0.3, 0.4) is 0 Å². The number of rotatable bonds is 5. The van der Waals surface area contributed by atoms with Gasteiger partial charge in [0.25, 0.3) is 5.91 Å². The average Bonchev–Trinajstić information content (AvgIpc) is 2.53. The normalized spacial score (nSPS) is 11.2. The van der Waals surface area contributed by atoms with Crippen molar-refractivity contribution >= 4 is 21.6 Å². The van der Waals surface area contributed by atoms with E-state index in [0.29, 0.717) is 11.6 Å². The molecule has 0 aliphatic heterocycles. The van der Waals surface area contributed by atoms with E-state index < -0.39 is 15.7 Å². The Labute approximate surface area is 141 Å². The number of methoxy groups -OCH3 is 1. The average molecular weight is 348 g/mol.